The third-order valence-corrected chi connectivity index (χ3v) is 7.27. The number of rotatable bonds is 6. The van der Waals surface area contributed by atoms with Crippen LogP contribution >= 0.6 is 0 Å². The Morgan fingerprint density at radius 2 is 2.00 bits per heavy atom. The Morgan fingerprint density at radius 1 is 1.20 bits per heavy atom. The van der Waals surface area contributed by atoms with Crippen molar-refractivity contribution in [2.75, 3.05) is 36.6 Å². The molecule has 9 nitrogen and oxygen atoms in total. The summed E-state index contributed by atoms with van der Waals surface area (Å²) < 4.78 is 2.14. The number of hydrogen-bond acceptors (Lipinski definition) is 7. The van der Waals surface area contributed by atoms with E-state index in [-0.39, 0.29) is 11.9 Å². The summed E-state index contributed by atoms with van der Waals surface area (Å²) in [6.07, 6.45) is 3.10. The average molecular weight is 477 g/mol. The van der Waals surface area contributed by atoms with Crippen molar-refractivity contribution >= 4 is 28.6 Å². The molecule has 1 amide bonds. The van der Waals surface area contributed by atoms with Crippen molar-refractivity contribution in [3.05, 3.63) is 41.5 Å². The van der Waals surface area contributed by atoms with Gasteiger partial charge in [-0.25, -0.2) is 9.97 Å². The molecule has 1 fully saturated rings. The zero-order chi connectivity index (χ0) is 24.7. The molecule has 0 bridgehead atoms. The Balaban J connectivity index is 1.51. The zero-order valence-corrected chi connectivity index (χ0v) is 21.2. The normalized spacial score (nSPS) is 19.4. The zero-order valence-electron chi connectivity index (χ0n) is 21.2. The number of fused-ring (bicyclic) bond motifs is 2. The van der Waals surface area contributed by atoms with Crippen molar-refractivity contribution in [2.45, 2.75) is 59.2 Å². The molecule has 9 heteroatoms. The first kappa shape index (κ1) is 23.5. The molecule has 0 spiro atoms. The van der Waals surface area contributed by atoms with Crippen LogP contribution in [0.4, 0.5) is 11.8 Å². The number of carbonyl (C=O) groups is 1. The fourth-order valence-corrected chi connectivity index (χ4v) is 5.15. The minimum atomic E-state index is -0.0177. The van der Waals surface area contributed by atoms with Crippen LogP contribution in [-0.4, -0.2) is 63.2 Å². The molecule has 2 unspecified atom stereocenters. The number of amides is 1. The second kappa shape index (κ2) is 9.45. The van der Waals surface area contributed by atoms with Gasteiger partial charge in [0, 0.05) is 43.8 Å². The van der Waals surface area contributed by atoms with Crippen LogP contribution in [0.3, 0.4) is 0 Å². The van der Waals surface area contributed by atoms with Gasteiger partial charge < -0.3 is 25.0 Å². The summed E-state index contributed by atoms with van der Waals surface area (Å²) in [5.74, 6) is 2.67. The van der Waals surface area contributed by atoms with Crippen LogP contribution < -0.4 is 15.5 Å². The van der Waals surface area contributed by atoms with Gasteiger partial charge in [0.1, 0.15) is 5.82 Å². The number of nitrogens with zero attached hydrogens (tertiary/aromatic N) is 7. The van der Waals surface area contributed by atoms with Crippen LogP contribution in [0.2, 0.25) is 0 Å². The Bertz CT molecular complexity index is 1240. The summed E-state index contributed by atoms with van der Waals surface area (Å²) in [7, 11) is 2.00. The first-order valence-corrected chi connectivity index (χ1v) is 12.7. The van der Waals surface area contributed by atoms with E-state index in [1.165, 1.54) is 0 Å². The van der Waals surface area contributed by atoms with Crippen LogP contribution in [0.1, 0.15) is 55.1 Å². The van der Waals surface area contributed by atoms with E-state index in [0.29, 0.717) is 30.6 Å². The van der Waals surface area contributed by atoms with E-state index in [2.05, 4.69) is 28.2 Å². The number of para-hydroxylation sites is 1. The SMILES string of the molecule is CCC(C)Cn1c(N2CCCC(N)C2)nc2c1C(=O)N(Cc1nc(C)c3ccccc3n1)CN2C. The Morgan fingerprint density at radius 3 is 2.77 bits per heavy atom. The van der Waals surface area contributed by atoms with Gasteiger partial charge in [-0.1, -0.05) is 38.5 Å². The lowest BCUT2D eigenvalue weighted by atomic mass is 10.1. The second-order valence-electron chi connectivity index (χ2n) is 10.1. The quantitative estimate of drug-likeness (QED) is 0.584. The lowest BCUT2D eigenvalue weighted by molar-refractivity contribution is 0.0714. The second-order valence-corrected chi connectivity index (χ2v) is 10.1. The van der Waals surface area contributed by atoms with E-state index in [1.807, 2.05) is 43.1 Å². The molecule has 2 aromatic heterocycles. The number of carbonyl (C=O) groups excluding carboxylic acids is 1. The van der Waals surface area contributed by atoms with Crippen molar-refractivity contribution in [1.82, 2.24) is 24.4 Å². The Kier molecular flexibility index (Phi) is 6.35. The van der Waals surface area contributed by atoms with E-state index in [9.17, 15) is 4.79 Å². The van der Waals surface area contributed by atoms with Crippen molar-refractivity contribution in [2.24, 2.45) is 11.7 Å². The highest BCUT2D eigenvalue weighted by Gasteiger charge is 2.36. The largest absolute Gasteiger partial charge is 0.341 e. The smallest absolute Gasteiger partial charge is 0.276 e. The van der Waals surface area contributed by atoms with Crippen molar-refractivity contribution in [3.8, 4) is 0 Å². The molecule has 1 saturated heterocycles. The van der Waals surface area contributed by atoms with Gasteiger partial charge in [0.05, 0.1) is 18.7 Å². The highest BCUT2D eigenvalue weighted by molar-refractivity contribution is 6.00. The molecule has 4 heterocycles. The number of hydrogen-bond donors (Lipinski definition) is 1. The fraction of sp³-hybridized carbons (Fsp3) is 0.538. The number of anilines is 2. The van der Waals surface area contributed by atoms with Crippen molar-refractivity contribution < 1.29 is 4.79 Å². The molecule has 0 saturated carbocycles. The highest BCUT2D eigenvalue weighted by atomic mass is 16.2. The summed E-state index contributed by atoms with van der Waals surface area (Å²) in [6.45, 7) is 9.62. The van der Waals surface area contributed by atoms with Crippen LogP contribution in [-0.2, 0) is 13.1 Å². The molecule has 3 aromatic rings. The lowest BCUT2D eigenvalue weighted by Gasteiger charge is -2.34. The minimum Gasteiger partial charge on any atom is -0.341 e. The van der Waals surface area contributed by atoms with E-state index < -0.39 is 0 Å². The molecule has 0 radical (unpaired) electrons. The molecule has 5 rings (SSSR count). The minimum absolute atomic E-state index is 0.0177. The summed E-state index contributed by atoms with van der Waals surface area (Å²) in [5, 5.41) is 1.04. The Hall–Kier alpha value is -3.20. The van der Waals surface area contributed by atoms with Gasteiger partial charge in [-0.05, 0) is 31.7 Å². The van der Waals surface area contributed by atoms with Crippen LogP contribution in [0.25, 0.3) is 10.9 Å². The van der Waals surface area contributed by atoms with Crippen LogP contribution in [0.15, 0.2) is 24.3 Å². The predicted molar refractivity (Wildman–Crippen MR) is 139 cm³/mol. The molecule has 2 N–H and O–H groups in total. The number of benzene rings is 1. The molecule has 0 aliphatic carbocycles. The molecule has 1 aromatic carbocycles. The summed E-state index contributed by atoms with van der Waals surface area (Å²) in [6, 6.07) is 8.13. The first-order chi connectivity index (χ1) is 16.9. The van der Waals surface area contributed by atoms with Crippen molar-refractivity contribution in [3.63, 3.8) is 0 Å². The number of aryl methyl sites for hydroxylation is 1. The molecule has 35 heavy (non-hydrogen) atoms. The van der Waals surface area contributed by atoms with Crippen LogP contribution in [0, 0.1) is 12.8 Å². The number of nitrogens with two attached hydrogens (primary N) is 1. The standard InChI is InChI=1S/C26H36N8O/c1-5-17(2)13-34-23-24(30-26(34)32-12-8-9-19(27)14-32)31(4)16-33(25(23)35)15-22-28-18(3)20-10-6-7-11-21(20)29-22/h6-7,10-11,17,19H,5,8-9,12-16,27H2,1-4H3. The third kappa shape index (κ3) is 4.45. The monoisotopic (exact) mass is 476 g/mol. The molecular weight excluding hydrogens is 440 g/mol. The molecule has 2 aliphatic rings. The molecule has 2 atom stereocenters. The van der Waals surface area contributed by atoms with Crippen molar-refractivity contribution in [1.29, 1.82) is 0 Å². The number of imidazole rings is 1. The number of piperidine rings is 1. The van der Waals surface area contributed by atoms with Gasteiger partial charge >= 0.3 is 0 Å². The lowest BCUT2D eigenvalue weighted by Crippen LogP contribution is -2.46. The summed E-state index contributed by atoms with van der Waals surface area (Å²) in [4.78, 5) is 34.5. The first-order valence-electron chi connectivity index (χ1n) is 12.7. The topological polar surface area (TPSA) is 96.4 Å². The maximum atomic E-state index is 13.9. The predicted octanol–water partition coefficient (Wildman–Crippen LogP) is 3.16. The van der Waals surface area contributed by atoms with Gasteiger partial charge in [0.15, 0.2) is 11.5 Å². The van der Waals surface area contributed by atoms with Gasteiger partial charge in [0.25, 0.3) is 5.91 Å². The summed E-state index contributed by atoms with van der Waals surface area (Å²) >= 11 is 0. The van der Waals surface area contributed by atoms with E-state index >= 15 is 0 Å². The van der Waals surface area contributed by atoms with Gasteiger partial charge in [-0.15, -0.1) is 0 Å². The average Bonchev–Trinajstić information content (AvgIpc) is 3.22. The molecular formula is C26H36N8O. The van der Waals surface area contributed by atoms with E-state index in [4.69, 9.17) is 20.7 Å². The van der Waals surface area contributed by atoms with Gasteiger partial charge in [-0.3, -0.25) is 4.79 Å². The highest BCUT2D eigenvalue weighted by Crippen LogP contribution is 2.33. The van der Waals surface area contributed by atoms with E-state index in [1.54, 1.807) is 0 Å². The van der Waals surface area contributed by atoms with Crippen LogP contribution in [0.5, 0.6) is 0 Å². The third-order valence-electron chi connectivity index (χ3n) is 7.27. The van der Waals surface area contributed by atoms with Gasteiger partial charge in [0.2, 0.25) is 5.95 Å². The van der Waals surface area contributed by atoms with Gasteiger partial charge in [-0.2, -0.15) is 4.98 Å². The maximum absolute atomic E-state index is 13.9. The summed E-state index contributed by atoms with van der Waals surface area (Å²) in [5.41, 5.74) is 8.78. The number of aromatic nitrogens is 4. The fourth-order valence-electron chi connectivity index (χ4n) is 5.15. The maximum Gasteiger partial charge on any atom is 0.276 e. The molecule has 186 valence electrons. The van der Waals surface area contributed by atoms with E-state index in [0.717, 1.165) is 67.3 Å². The molecule has 2 aliphatic heterocycles. The Labute approximate surface area is 206 Å².